The molecule has 8 heteroatoms. The molecule has 0 saturated heterocycles. The molecule has 1 aromatic heterocycles. The van der Waals surface area contributed by atoms with Crippen molar-refractivity contribution >= 4 is 17.6 Å². The lowest BCUT2D eigenvalue weighted by atomic mass is 10.2. The Morgan fingerprint density at radius 1 is 1.19 bits per heavy atom. The van der Waals surface area contributed by atoms with Crippen molar-refractivity contribution in [3.63, 3.8) is 0 Å². The Labute approximate surface area is 160 Å². The highest BCUT2D eigenvalue weighted by molar-refractivity contribution is 6.30. The number of ether oxygens (including phenoxy) is 3. The SMILES string of the molecule is COc1ccccc1-c1noc(COC(=O)COc2ccc(Cl)cc2C)n1. The number of rotatable bonds is 7. The maximum Gasteiger partial charge on any atom is 0.344 e. The van der Waals surface area contributed by atoms with Gasteiger partial charge in [-0.05, 0) is 42.8 Å². The predicted octanol–water partition coefficient (Wildman–Crippen LogP) is 3.83. The molecule has 0 radical (unpaired) electrons. The molecule has 0 saturated carbocycles. The second-order valence-corrected chi connectivity index (χ2v) is 6.01. The van der Waals surface area contributed by atoms with Crippen LogP contribution in [0.4, 0.5) is 0 Å². The average Bonchev–Trinajstić information content (AvgIpc) is 3.14. The van der Waals surface area contributed by atoms with Crippen LogP contribution in [-0.4, -0.2) is 29.8 Å². The Morgan fingerprint density at radius 3 is 2.78 bits per heavy atom. The van der Waals surface area contributed by atoms with Gasteiger partial charge in [0, 0.05) is 5.02 Å². The molecule has 0 N–H and O–H groups in total. The van der Waals surface area contributed by atoms with E-state index < -0.39 is 5.97 Å². The van der Waals surface area contributed by atoms with E-state index in [4.69, 9.17) is 30.3 Å². The van der Waals surface area contributed by atoms with E-state index in [0.29, 0.717) is 27.9 Å². The third kappa shape index (κ3) is 4.77. The minimum atomic E-state index is -0.554. The fourth-order valence-corrected chi connectivity index (χ4v) is 2.57. The second kappa shape index (κ2) is 8.55. The number of aryl methyl sites for hydroxylation is 1. The molecule has 0 aliphatic carbocycles. The number of halogens is 1. The zero-order valence-corrected chi connectivity index (χ0v) is 15.5. The number of esters is 1. The lowest BCUT2D eigenvalue weighted by Gasteiger charge is -2.08. The van der Waals surface area contributed by atoms with Gasteiger partial charge in [-0.1, -0.05) is 28.9 Å². The number of aromatic nitrogens is 2. The number of carbonyl (C=O) groups excluding carboxylic acids is 1. The summed E-state index contributed by atoms with van der Waals surface area (Å²) in [4.78, 5) is 16.1. The van der Waals surface area contributed by atoms with Gasteiger partial charge in [-0.2, -0.15) is 4.98 Å². The van der Waals surface area contributed by atoms with Crippen LogP contribution in [0.1, 0.15) is 11.5 Å². The average molecular weight is 389 g/mol. The van der Waals surface area contributed by atoms with E-state index in [0.717, 1.165) is 5.56 Å². The van der Waals surface area contributed by atoms with Gasteiger partial charge in [0.2, 0.25) is 5.82 Å². The van der Waals surface area contributed by atoms with E-state index in [-0.39, 0.29) is 19.1 Å². The van der Waals surface area contributed by atoms with Gasteiger partial charge in [-0.15, -0.1) is 0 Å². The van der Waals surface area contributed by atoms with Crippen molar-refractivity contribution in [1.29, 1.82) is 0 Å². The number of nitrogens with zero attached hydrogens (tertiary/aromatic N) is 2. The van der Waals surface area contributed by atoms with E-state index in [2.05, 4.69) is 10.1 Å². The summed E-state index contributed by atoms with van der Waals surface area (Å²) in [5, 5.41) is 4.49. The number of hydrogen-bond acceptors (Lipinski definition) is 7. The van der Waals surface area contributed by atoms with Crippen molar-refractivity contribution in [2.45, 2.75) is 13.5 Å². The molecular formula is C19H17ClN2O5. The lowest BCUT2D eigenvalue weighted by molar-refractivity contribution is -0.148. The number of methoxy groups -OCH3 is 1. The van der Waals surface area contributed by atoms with Crippen molar-refractivity contribution in [1.82, 2.24) is 10.1 Å². The van der Waals surface area contributed by atoms with Crippen LogP contribution in [0.25, 0.3) is 11.4 Å². The summed E-state index contributed by atoms with van der Waals surface area (Å²) in [5.41, 5.74) is 1.51. The van der Waals surface area contributed by atoms with Gasteiger partial charge in [0.25, 0.3) is 5.89 Å². The summed E-state index contributed by atoms with van der Waals surface area (Å²) in [7, 11) is 1.56. The van der Waals surface area contributed by atoms with E-state index in [9.17, 15) is 4.79 Å². The van der Waals surface area contributed by atoms with Gasteiger partial charge in [0.15, 0.2) is 13.2 Å². The van der Waals surface area contributed by atoms with Crippen LogP contribution >= 0.6 is 11.6 Å². The van der Waals surface area contributed by atoms with Gasteiger partial charge in [0.1, 0.15) is 11.5 Å². The van der Waals surface area contributed by atoms with Crippen LogP contribution in [0.2, 0.25) is 5.02 Å². The quantitative estimate of drug-likeness (QED) is 0.568. The molecule has 140 valence electrons. The van der Waals surface area contributed by atoms with E-state index in [1.54, 1.807) is 31.4 Å². The Morgan fingerprint density at radius 2 is 2.00 bits per heavy atom. The molecule has 1 heterocycles. The first-order chi connectivity index (χ1) is 13.1. The summed E-state index contributed by atoms with van der Waals surface area (Å²) in [6.07, 6.45) is 0. The van der Waals surface area contributed by atoms with Gasteiger partial charge in [0.05, 0.1) is 12.7 Å². The molecule has 0 bridgehead atoms. The van der Waals surface area contributed by atoms with Gasteiger partial charge < -0.3 is 18.7 Å². The summed E-state index contributed by atoms with van der Waals surface area (Å²) < 4.78 is 20.9. The normalized spacial score (nSPS) is 10.5. The molecule has 3 aromatic rings. The van der Waals surface area contributed by atoms with E-state index >= 15 is 0 Å². The van der Waals surface area contributed by atoms with Crippen LogP contribution in [0.5, 0.6) is 11.5 Å². The largest absolute Gasteiger partial charge is 0.496 e. The molecule has 0 fully saturated rings. The summed E-state index contributed by atoms with van der Waals surface area (Å²) in [5.74, 6) is 1.15. The maximum absolute atomic E-state index is 11.9. The highest BCUT2D eigenvalue weighted by Crippen LogP contribution is 2.27. The fourth-order valence-electron chi connectivity index (χ4n) is 2.35. The maximum atomic E-state index is 11.9. The van der Waals surface area contributed by atoms with E-state index in [1.165, 1.54) is 0 Å². The molecule has 0 atom stereocenters. The molecule has 27 heavy (non-hydrogen) atoms. The minimum absolute atomic E-state index is 0.149. The monoisotopic (exact) mass is 388 g/mol. The Balaban J connectivity index is 1.54. The number of para-hydroxylation sites is 1. The zero-order chi connectivity index (χ0) is 19.2. The fraction of sp³-hybridized carbons (Fsp3) is 0.211. The van der Waals surface area contributed by atoms with Crippen molar-refractivity contribution in [3.05, 3.63) is 58.9 Å². The van der Waals surface area contributed by atoms with Crippen molar-refractivity contribution in [2.24, 2.45) is 0 Å². The molecule has 2 aromatic carbocycles. The molecule has 7 nitrogen and oxygen atoms in total. The standard InChI is InChI=1S/C19H17ClN2O5/c1-12-9-13(20)7-8-15(12)25-11-18(23)26-10-17-21-19(22-27-17)14-5-3-4-6-16(14)24-2/h3-9H,10-11H2,1-2H3. The van der Waals surface area contributed by atoms with E-state index in [1.807, 2.05) is 25.1 Å². The second-order valence-electron chi connectivity index (χ2n) is 5.57. The Hall–Kier alpha value is -3.06. The van der Waals surface area contributed by atoms with Gasteiger partial charge >= 0.3 is 5.97 Å². The first kappa shape index (κ1) is 18.7. The number of benzene rings is 2. The highest BCUT2D eigenvalue weighted by Gasteiger charge is 2.14. The molecule has 0 aliphatic heterocycles. The van der Waals surface area contributed by atoms with Crippen LogP contribution in [0.15, 0.2) is 47.0 Å². The smallest absolute Gasteiger partial charge is 0.344 e. The number of hydrogen-bond donors (Lipinski definition) is 0. The van der Waals surface area contributed by atoms with Crippen molar-refractivity contribution in [3.8, 4) is 22.9 Å². The molecule has 0 amide bonds. The highest BCUT2D eigenvalue weighted by atomic mass is 35.5. The Kier molecular flexibility index (Phi) is 5.93. The molecule has 0 spiro atoms. The third-order valence-electron chi connectivity index (χ3n) is 3.66. The number of carbonyl (C=O) groups is 1. The van der Waals surface area contributed by atoms with Crippen molar-refractivity contribution < 1.29 is 23.5 Å². The van der Waals surface area contributed by atoms with Crippen LogP contribution < -0.4 is 9.47 Å². The minimum Gasteiger partial charge on any atom is -0.496 e. The summed E-state index contributed by atoms with van der Waals surface area (Å²) >= 11 is 5.88. The molecule has 0 aliphatic rings. The third-order valence-corrected chi connectivity index (χ3v) is 3.89. The van der Waals surface area contributed by atoms with Gasteiger partial charge in [-0.3, -0.25) is 0 Å². The lowest BCUT2D eigenvalue weighted by Crippen LogP contribution is -2.15. The van der Waals surface area contributed by atoms with Crippen LogP contribution in [-0.2, 0) is 16.1 Å². The zero-order valence-electron chi connectivity index (χ0n) is 14.8. The van der Waals surface area contributed by atoms with Crippen LogP contribution in [0.3, 0.4) is 0 Å². The predicted molar refractivity (Wildman–Crippen MR) is 97.8 cm³/mol. The Bertz CT molecular complexity index is 941. The van der Waals surface area contributed by atoms with Gasteiger partial charge in [-0.25, -0.2) is 4.79 Å². The van der Waals surface area contributed by atoms with Crippen molar-refractivity contribution in [2.75, 3.05) is 13.7 Å². The summed E-state index contributed by atoms with van der Waals surface area (Å²) in [6, 6.07) is 12.4. The first-order valence-electron chi connectivity index (χ1n) is 8.07. The first-order valence-corrected chi connectivity index (χ1v) is 8.45. The molecule has 3 rings (SSSR count). The summed E-state index contributed by atoms with van der Waals surface area (Å²) in [6.45, 7) is 1.45. The van der Waals surface area contributed by atoms with Crippen LogP contribution in [0, 0.1) is 6.92 Å². The molecule has 0 unspecified atom stereocenters. The molecular weight excluding hydrogens is 372 g/mol. The topological polar surface area (TPSA) is 83.7 Å².